The molecular weight excluding hydrogens is 290 g/mol. The fourth-order valence-corrected chi connectivity index (χ4v) is 2.27. The SMILES string of the molecule is Cc1cccc(CNc2nc(C)cc(Nc3cc(C)on3)n2)c1. The smallest absolute Gasteiger partial charge is 0.225 e. The summed E-state index contributed by atoms with van der Waals surface area (Å²) in [5.41, 5.74) is 3.30. The minimum atomic E-state index is 0.578. The third-order valence-corrected chi connectivity index (χ3v) is 3.27. The number of rotatable bonds is 5. The van der Waals surface area contributed by atoms with Crippen LogP contribution in [0.1, 0.15) is 22.6 Å². The van der Waals surface area contributed by atoms with Gasteiger partial charge >= 0.3 is 0 Å². The predicted octanol–water partition coefficient (Wildman–Crippen LogP) is 3.75. The molecule has 6 heteroatoms. The Balaban J connectivity index is 1.72. The maximum atomic E-state index is 5.04. The Morgan fingerprint density at radius 2 is 1.87 bits per heavy atom. The minimum absolute atomic E-state index is 0.578. The Morgan fingerprint density at radius 3 is 2.61 bits per heavy atom. The summed E-state index contributed by atoms with van der Waals surface area (Å²) in [6.07, 6.45) is 0. The molecule has 2 N–H and O–H groups in total. The molecule has 0 fully saturated rings. The van der Waals surface area contributed by atoms with Crippen molar-refractivity contribution in [3.63, 3.8) is 0 Å². The third kappa shape index (κ3) is 4.06. The summed E-state index contributed by atoms with van der Waals surface area (Å²) in [6.45, 7) is 6.53. The van der Waals surface area contributed by atoms with Gasteiger partial charge in [-0.15, -0.1) is 0 Å². The van der Waals surface area contributed by atoms with Gasteiger partial charge in [0.15, 0.2) is 5.82 Å². The zero-order valence-corrected chi connectivity index (χ0v) is 13.4. The van der Waals surface area contributed by atoms with Gasteiger partial charge in [-0.3, -0.25) is 0 Å². The summed E-state index contributed by atoms with van der Waals surface area (Å²) >= 11 is 0. The topological polar surface area (TPSA) is 75.9 Å². The second-order valence-corrected chi connectivity index (χ2v) is 5.51. The molecular formula is C17H19N5O. The Kier molecular flexibility index (Phi) is 4.23. The molecule has 0 aliphatic rings. The maximum Gasteiger partial charge on any atom is 0.225 e. The summed E-state index contributed by atoms with van der Waals surface area (Å²) in [5.74, 6) is 2.63. The molecule has 0 atom stereocenters. The van der Waals surface area contributed by atoms with Gasteiger partial charge in [-0.05, 0) is 26.3 Å². The lowest BCUT2D eigenvalue weighted by Gasteiger charge is -2.09. The van der Waals surface area contributed by atoms with E-state index in [0.29, 0.717) is 24.1 Å². The zero-order valence-electron chi connectivity index (χ0n) is 13.4. The van der Waals surface area contributed by atoms with E-state index in [1.54, 1.807) is 0 Å². The lowest BCUT2D eigenvalue weighted by atomic mass is 10.1. The molecule has 3 rings (SSSR count). The summed E-state index contributed by atoms with van der Waals surface area (Å²) in [6, 6.07) is 12.0. The van der Waals surface area contributed by atoms with E-state index >= 15 is 0 Å². The molecule has 0 aliphatic carbocycles. The van der Waals surface area contributed by atoms with Crippen LogP contribution in [-0.2, 0) is 6.54 Å². The normalized spacial score (nSPS) is 10.6. The molecule has 0 amide bonds. The summed E-state index contributed by atoms with van der Waals surface area (Å²) in [4.78, 5) is 8.87. The summed E-state index contributed by atoms with van der Waals surface area (Å²) < 4.78 is 5.04. The van der Waals surface area contributed by atoms with Crippen LogP contribution in [-0.4, -0.2) is 15.1 Å². The first-order valence-corrected chi connectivity index (χ1v) is 7.44. The standard InChI is InChI=1S/C17H19N5O/c1-11-5-4-6-14(7-11)10-18-17-19-12(2)8-15(21-17)20-16-9-13(3)23-22-16/h4-9H,10H2,1-3H3,(H2,18,19,20,21,22). The molecule has 118 valence electrons. The van der Waals surface area contributed by atoms with Crippen LogP contribution in [0.15, 0.2) is 40.9 Å². The van der Waals surface area contributed by atoms with Crippen LogP contribution in [0.25, 0.3) is 0 Å². The number of hydrogen-bond acceptors (Lipinski definition) is 6. The van der Waals surface area contributed by atoms with Crippen LogP contribution in [0.2, 0.25) is 0 Å². The van der Waals surface area contributed by atoms with Crippen molar-refractivity contribution in [1.82, 2.24) is 15.1 Å². The first kappa shape index (κ1) is 15.0. The lowest BCUT2D eigenvalue weighted by Crippen LogP contribution is -2.06. The molecule has 0 spiro atoms. The number of nitrogens with zero attached hydrogens (tertiary/aromatic N) is 3. The van der Waals surface area contributed by atoms with Crippen molar-refractivity contribution in [2.75, 3.05) is 10.6 Å². The highest BCUT2D eigenvalue weighted by molar-refractivity contribution is 5.53. The van der Waals surface area contributed by atoms with Crippen molar-refractivity contribution in [3.05, 3.63) is 59.0 Å². The highest BCUT2D eigenvalue weighted by Gasteiger charge is 2.05. The first-order chi connectivity index (χ1) is 11.1. The minimum Gasteiger partial charge on any atom is -0.360 e. The third-order valence-electron chi connectivity index (χ3n) is 3.27. The molecule has 2 heterocycles. The average molecular weight is 309 g/mol. The van der Waals surface area contributed by atoms with E-state index in [0.717, 1.165) is 11.5 Å². The molecule has 3 aromatic rings. The number of aryl methyl sites for hydroxylation is 3. The van der Waals surface area contributed by atoms with E-state index in [1.165, 1.54) is 11.1 Å². The van der Waals surface area contributed by atoms with Gasteiger partial charge in [0, 0.05) is 24.4 Å². The second kappa shape index (κ2) is 6.48. The number of nitrogens with one attached hydrogen (secondary N) is 2. The average Bonchev–Trinajstić information content (AvgIpc) is 2.90. The molecule has 0 saturated carbocycles. The summed E-state index contributed by atoms with van der Waals surface area (Å²) in [5, 5.41) is 10.3. The van der Waals surface area contributed by atoms with Gasteiger partial charge in [-0.2, -0.15) is 4.98 Å². The van der Waals surface area contributed by atoms with E-state index in [1.807, 2.05) is 32.0 Å². The van der Waals surface area contributed by atoms with E-state index in [9.17, 15) is 0 Å². The van der Waals surface area contributed by atoms with E-state index in [4.69, 9.17) is 4.52 Å². The van der Waals surface area contributed by atoms with Crippen molar-refractivity contribution in [3.8, 4) is 0 Å². The van der Waals surface area contributed by atoms with E-state index in [-0.39, 0.29) is 0 Å². The Morgan fingerprint density at radius 1 is 1.00 bits per heavy atom. The van der Waals surface area contributed by atoms with Crippen molar-refractivity contribution in [2.45, 2.75) is 27.3 Å². The zero-order chi connectivity index (χ0) is 16.2. The van der Waals surface area contributed by atoms with Gasteiger partial charge in [0.25, 0.3) is 0 Å². The molecule has 1 aromatic carbocycles. The van der Waals surface area contributed by atoms with Gasteiger partial charge in [-0.25, -0.2) is 4.98 Å². The molecule has 23 heavy (non-hydrogen) atoms. The number of aromatic nitrogens is 3. The Labute approximate surface area is 135 Å². The van der Waals surface area contributed by atoms with E-state index in [2.05, 4.69) is 50.9 Å². The van der Waals surface area contributed by atoms with Crippen LogP contribution in [0.3, 0.4) is 0 Å². The highest BCUT2D eigenvalue weighted by Crippen LogP contribution is 2.17. The number of anilines is 3. The quantitative estimate of drug-likeness (QED) is 0.747. The van der Waals surface area contributed by atoms with Crippen LogP contribution in [0, 0.1) is 20.8 Å². The van der Waals surface area contributed by atoms with Crippen molar-refractivity contribution in [2.24, 2.45) is 0 Å². The van der Waals surface area contributed by atoms with Gasteiger partial charge in [0.05, 0.1) is 0 Å². The summed E-state index contributed by atoms with van der Waals surface area (Å²) in [7, 11) is 0. The number of hydrogen-bond donors (Lipinski definition) is 2. The van der Waals surface area contributed by atoms with Gasteiger partial charge < -0.3 is 15.2 Å². The molecule has 0 unspecified atom stereocenters. The fraction of sp³-hybridized carbons (Fsp3) is 0.235. The number of benzene rings is 1. The van der Waals surface area contributed by atoms with Crippen LogP contribution in [0.4, 0.5) is 17.6 Å². The molecule has 2 aromatic heterocycles. The van der Waals surface area contributed by atoms with E-state index < -0.39 is 0 Å². The van der Waals surface area contributed by atoms with Crippen molar-refractivity contribution < 1.29 is 4.52 Å². The highest BCUT2D eigenvalue weighted by atomic mass is 16.5. The van der Waals surface area contributed by atoms with Gasteiger partial charge in [0.2, 0.25) is 5.95 Å². The Hall–Kier alpha value is -2.89. The van der Waals surface area contributed by atoms with Crippen LogP contribution in [0.5, 0.6) is 0 Å². The molecule has 0 radical (unpaired) electrons. The van der Waals surface area contributed by atoms with Crippen molar-refractivity contribution in [1.29, 1.82) is 0 Å². The van der Waals surface area contributed by atoms with Gasteiger partial charge in [0.1, 0.15) is 11.6 Å². The van der Waals surface area contributed by atoms with Crippen molar-refractivity contribution >= 4 is 17.6 Å². The predicted molar refractivity (Wildman–Crippen MR) is 89.8 cm³/mol. The maximum absolute atomic E-state index is 5.04. The molecule has 0 aliphatic heterocycles. The largest absolute Gasteiger partial charge is 0.360 e. The molecule has 6 nitrogen and oxygen atoms in total. The Bertz CT molecular complexity index is 812. The monoisotopic (exact) mass is 309 g/mol. The molecule has 0 saturated heterocycles. The second-order valence-electron chi connectivity index (χ2n) is 5.51. The lowest BCUT2D eigenvalue weighted by molar-refractivity contribution is 0.400. The van der Waals surface area contributed by atoms with Gasteiger partial charge in [-0.1, -0.05) is 35.0 Å². The van der Waals surface area contributed by atoms with Crippen LogP contribution >= 0.6 is 0 Å². The fourth-order valence-electron chi connectivity index (χ4n) is 2.27. The van der Waals surface area contributed by atoms with Crippen LogP contribution < -0.4 is 10.6 Å². The molecule has 0 bridgehead atoms. The first-order valence-electron chi connectivity index (χ1n) is 7.44.